The summed E-state index contributed by atoms with van der Waals surface area (Å²) in [4.78, 5) is 19.8. The maximum atomic E-state index is 10.2. The van der Waals surface area contributed by atoms with Gasteiger partial charge in [-0.15, -0.1) is 0 Å². The number of hydrogen-bond acceptors (Lipinski definition) is 4. The standard InChI is InChI=1S/C12H24O2.C4H9NO2.Na/c1-2-3-4-5-6-7-8-9-10-11-12(13)14;1-5-3-2-4(6)7;/h2-11H2,1H3,(H,13,14);5H,2-3H2,1H3,(H,6,7);/q;;+1/p-1. The van der Waals surface area contributed by atoms with E-state index in [1.165, 1.54) is 44.9 Å². The Morgan fingerprint density at radius 3 is 1.68 bits per heavy atom. The van der Waals surface area contributed by atoms with E-state index >= 15 is 0 Å². The fourth-order valence-corrected chi connectivity index (χ4v) is 1.81. The fraction of sp³-hybridized carbons (Fsp3) is 0.875. The molecule has 0 aromatic heterocycles. The predicted octanol–water partition coefficient (Wildman–Crippen LogP) is -0.658. The molecule has 0 saturated heterocycles. The van der Waals surface area contributed by atoms with E-state index in [4.69, 9.17) is 5.11 Å². The van der Waals surface area contributed by atoms with E-state index in [1.807, 2.05) is 0 Å². The van der Waals surface area contributed by atoms with Crippen LogP contribution in [0.25, 0.3) is 0 Å². The van der Waals surface area contributed by atoms with Gasteiger partial charge in [0.05, 0.1) is 0 Å². The Labute approximate surface area is 157 Å². The Morgan fingerprint density at radius 1 is 0.909 bits per heavy atom. The Morgan fingerprint density at radius 2 is 1.36 bits per heavy atom. The van der Waals surface area contributed by atoms with Gasteiger partial charge in [0.25, 0.3) is 0 Å². The number of nitrogens with one attached hydrogen (secondary N) is 1. The first kappa shape index (κ1) is 26.8. The van der Waals surface area contributed by atoms with E-state index in [9.17, 15) is 14.7 Å². The molecule has 5 nitrogen and oxygen atoms in total. The number of carbonyl (C=O) groups is 2. The van der Waals surface area contributed by atoms with Gasteiger partial charge in [-0.1, -0.05) is 58.3 Å². The maximum Gasteiger partial charge on any atom is 1.00 e. The number of rotatable bonds is 13. The molecule has 0 aliphatic heterocycles. The van der Waals surface area contributed by atoms with Crippen molar-refractivity contribution >= 4 is 11.9 Å². The first-order valence-electron chi connectivity index (χ1n) is 8.10. The third-order valence-electron chi connectivity index (χ3n) is 3.07. The van der Waals surface area contributed by atoms with Crippen LogP contribution in [0, 0.1) is 0 Å². The molecule has 0 amide bonds. The summed E-state index contributed by atoms with van der Waals surface area (Å²) in [5, 5.41) is 20.7. The van der Waals surface area contributed by atoms with E-state index in [1.54, 1.807) is 7.05 Å². The van der Waals surface area contributed by atoms with Crippen molar-refractivity contribution in [2.45, 2.75) is 77.6 Å². The molecule has 0 heterocycles. The number of carboxylic acids is 2. The van der Waals surface area contributed by atoms with Crippen molar-refractivity contribution in [1.82, 2.24) is 5.32 Å². The molecule has 22 heavy (non-hydrogen) atoms. The van der Waals surface area contributed by atoms with Gasteiger partial charge in [-0.3, -0.25) is 4.79 Å². The molecule has 0 aromatic carbocycles. The first-order chi connectivity index (χ1) is 10.0. The summed E-state index contributed by atoms with van der Waals surface area (Å²) in [5.41, 5.74) is 0. The van der Waals surface area contributed by atoms with Gasteiger partial charge in [0.2, 0.25) is 0 Å². The molecule has 6 heteroatoms. The summed E-state index contributed by atoms with van der Waals surface area (Å²) < 4.78 is 0. The molecule has 0 rings (SSSR count). The Kier molecular flexibility index (Phi) is 28.2. The van der Waals surface area contributed by atoms with Crippen molar-refractivity contribution in [3.63, 3.8) is 0 Å². The molecule has 0 fully saturated rings. The van der Waals surface area contributed by atoms with Crippen molar-refractivity contribution in [2.75, 3.05) is 13.6 Å². The van der Waals surface area contributed by atoms with Crippen LogP contribution in [0.2, 0.25) is 0 Å². The zero-order valence-corrected chi connectivity index (χ0v) is 16.7. The van der Waals surface area contributed by atoms with E-state index in [0.29, 0.717) is 13.0 Å². The minimum absolute atomic E-state index is 0. The molecule has 0 aliphatic rings. The second-order valence-electron chi connectivity index (χ2n) is 5.20. The van der Waals surface area contributed by atoms with Crippen molar-refractivity contribution in [3.05, 3.63) is 0 Å². The van der Waals surface area contributed by atoms with Gasteiger partial charge in [0.15, 0.2) is 0 Å². The molecular weight excluding hydrogens is 293 g/mol. The van der Waals surface area contributed by atoms with E-state index in [2.05, 4.69) is 12.2 Å². The minimum atomic E-state index is -1.01. The van der Waals surface area contributed by atoms with Crippen LogP contribution in [0.5, 0.6) is 0 Å². The van der Waals surface area contributed by atoms with Crippen LogP contribution in [0.3, 0.4) is 0 Å². The zero-order chi connectivity index (χ0) is 16.3. The second-order valence-corrected chi connectivity index (χ2v) is 5.20. The summed E-state index contributed by atoms with van der Waals surface area (Å²) in [6.07, 6.45) is 11.6. The molecule has 0 atom stereocenters. The van der Waals surface area contributed by atoms with Crippen molar-refractivity contribution in [2.24, 2.45) is 0 Å². The van der Waals surface area contributed by atoms with Crippen molar-refractivity contribution in [3.8, 4) is 0 Å². The van der Waals surface area contributed by atoms with Gasteiger partial charge >= 0.3 is 35.5 Å². The molecule has 0 spiro atoms. The van der Waals surface area contributed by atoms with Crippen LogP contribution in [0.1, 0.15) is 77.6 Å². The summed E-state index contributed by atoms with van der Waals surface area (Å²) in [6, 6.07) is 0. The Balaban J connectivity index is -0.000000385. The molecule has 0 unspecified atom stereocenters. The Bertz CT molecular complexity index is 250. The molecular formula is C16H32NNaO4. The summed E-state index contributed by atoms with van der Waals surface area (Å²) in [6.45, 7) is 2.72. The van der Waals surface area contributed by atoms with E-state index in [-0.39, 0.29) is 36.0 Å². The molecule has 0 aliphatic carbocycles. The number of unbranched alkanes of at least 4 members (excludes halogenated alkanes) is 8. The molecule has 0 aromatic rings. The summed E-state index contributed by atoms with van der Waals surface area (Å²) in [7, 11) is 1.70. The van der Waals surface area contributed by atoms with Crippen LogP contribution >= 0.6 is 0 Å². The van der Waals surface area contributed by atoms with Crippen LogP contribution < -0.4 is 40.0 Å². The SMILES string of the molecule is CCCCCCCCCCCC(=O)O.CNCCC(=O)[O-].[Na+]. The van der Waals surface area contributed by atoms with Gasteiger partial charge in [-0.25, -0.2) is 0 Å². The van der Waals surface area contributed by atoms with Gasteiger partial charge in [0.1, 0.15) is 0 Å². The number of hydrogen-bond donors (Lipinski definition) is 2. The molecule has 0 bridgehead atoms. The van der Waals surface area contributed by atoms with Gasteiger partial charge < -0.3 is 20.3 Å². The quantitative estimate of drug-likeness (QED) is 0.347. The minimum Gasteiger partial charge on any atom is -0.550 e. The number of carboxylic acid groups (broad SMARTS) is 2. The van der Waals surface area contributed by atoms with E-state index in [0.717, 1.165) is 12.8 Å². The molecule has 0 radical (unpaired) electrons. The molecule has 0 saturated carbocycles. The average Bonchev–Trinajstić information content (AvgIpc) is 2.43. The number of aliphatic carboxylic acids is 2. The maximum absolute atomic E-state index is 10.2. The first-order valence-corrected chi connectivity index (χ1v) is 8.10. The fourth-order valence-electron chi connectivity index (χ4n) is 1.81. The summed E-state index contributed by atoms with van der Waals surface area (Å²) in [5.74, 6) is -1.66. The van der Waals surface area contributed by atoms with Crippen LogP contribution in [-0.4, -0.2) is 30.6 Å². The topological polar surface area (TPSA) is 89.5 Å². The van der Waals surface area contributed by atoms with Gasteiger partial charge in [0, 0.05) is 18.9 Å². The summed E-state index contributed by atoms with van der Waals surface area (Å²) >= 11 is 0. The molecule has 126 valence electrons. The average molecular weight is 325 g/mol. The van der Waals surface area contributed by atoms with Crippen LogP contribution in [0.4, 0.5) is 0 Å². The smallest absolute Gasteiger partial charge is 0.550 e. The van der Waals surface area contributed by atoms with Crippen LogP contribution in [0.15, 0.2) is 0 Å². The van der Waals surface area contributed by atoms with Gasteiger partial charge in [-0.05, 0) is 19.9 Å². The largest absolute Gasteiger partial charge is 1.00 e. The van der Waals surface area contributed by atoms with Crippen molar-refractivity contribution < 1.29 is 49.4 Å². The second kappa shape index (κ2) is 23.2. The molecule has 2 N–H and O–H groups in total. The predicted molar refractivity (Wildman–Crippen MR) is 83.0 cm³/mol. The Hall–Kier alpha value is -0.100. The number of carbonyl (C=O) groups excluding carboxylic acids is 1. The third kappa shape index (κ3) is 32.0. The van der Waals surface area contributed by atoms with Crippen LogP contribution in [-0.2, 0) is 9.59 Å². The zero-order valence-electron chi connectivity index (χ0n) is 14.7. The van der Waals surface area contributed by atoms with Gasteiger partial charge in [-0.2, -0.15) is 0 Å². The third-order valence-corrected chi connectivity index (χ3v) is 3.07. The normalized spacial score (nSPS) is 9.36. The van der Waals surface area contributed by atoms with E-state index < -0.39 is 11.9 Å². The monoisotopic (exact) mass is 325 g/mol. The van der Waals surface area contributed by atoms with Crippen molar-refractivity contribution in [1.29, 1.82) is 0 Å².